The molecule has 3 heterocycles. The van der Waals surface area contributed by atoms with Gasteiger partial charge in [0, 0.05) is 39.0 Å². The molecule has 2 atom stereocenters. The van der Waals surface area contributed by atoms with Gasteiger partial charge in [-0.25, -0.2) is 4.39 Å². The highest BCUT2D eigenvalue weighted by atomic mass is 35.5. The Morgan fingerprint density at radius 3 is 2.53 bits per heavy atom. The average Bonchev–Trinajstić information content (AvgIpc) is 3.26. The summed E-state index contributed by atoms with van der Waals surface area (Å²) in [5.74, 6) is -1.13. The highest BCUT2D eigenvalue weighted by molar-refractivity contribution is 6.31. The molecule has 182 valence electrons. The largest absolute Gasteiger partial charge is 0.356 e. The van der Waals surface area contributed by atoms with Gasteiger partial charge < -0.3 is 14.8 Å². The second-order valence-electron chi connectivity index (χ2n) is 9.50. The van der Waals surface area contributed by atoms with E-state index in [4.69, 9.17) is 23.2 Å². The Balaban J connectivity index is 1.51. The molecule has 2 unspecified atom stereocenters. The van der Waals surface area contributed by atoms with Crippen molar-refractivity contribution in [3.8, 4) is 0 Å². The van der Waals surface area contributed by atoms with Crippen LogP contribution in [0.3, 0.4) is 0 Å². The molecule has 6 rings (SSSR count). The lowest BCUT2D eigenvalue weighted by Crippen LogP contribution is -2.67. The highest BCUT2D eigenvalue weighted by Crippen LogP contribution is 2.48. The first-order chi connectivity index (χ1) is 17.3. The average molecular weight is 522 g/mol. The summed E-state index contributed by atoms with van der Waals surface area (Å²) in [5, 5.41) is 1.86. The Hall–Kier alpha value is -3.35. The van der Waals surface area contributed by atoms with Gasteiger partial charge in [0.25, 0.3) is 5.91 Å². The van der Waals surface area contributed by atoms with Gasteiger partial charge in [-0.15, -0.1) is 0 Å². The summed E-state index contributed by atoms with van der Waals surface area (Å²) < 4.78 is 14.6. The number of nitrogens with one attached hydrogen (secondary N) is 1. The lowest BCUT2D eigenvalue weighted by molar-refractivity contribution is -0.167. The second-order valence-corrected chi connectivity index (χ2v) is 10.3. The van der Waals surface area contributed by atoms with E-state index in [0.29, 0.717) is 17.3 Å². The zero-order chi connectivity index (χ0) is 25.2. The van der Waals surface area contributed by atoms with Gasteiger partial charge in [-0.2, -0.15) is 0 Å². The SMILES string of the molecule is CC12C(=O)N(Cc3c(F)cccc3Cl)CC(=O)N1CC(c1ccc(Cl)cc1)c1c2[nH]c2ccccc12. The first kappa shape index (κ1) is 23.1. The predicted molar refractivity (Wildman–Crippen MR) is 137 cm³/mol. The lowest BCUT2D eigenvalue weighted by atomic mass is 9.76. The van der Waals surface area contributed by atoms with Crippen molar-refractivity contribution in [1.82, 2.24) is 14.8 Å². The smallest absolute Gasteiger partial charge is 0.255 e. The third-order valence-corrected chi connectivity index (χ3v) is 8.11. The quantitative estimate of drug-likeness (QED) is 0.367. The molecule has 5 nitrogen and oxygen atoms in total. The molecule has 8 heteroatoms. The topological polar surface area (TPSA) is 56.4 Å². The van der Waals surface area contributed by atoms with Crippen LogP contribution in [-0.4, -0.2) is 39.7 Å². The number of aromatic nitrogens is 1. The van der Waals surface area contributed by atoms with Crippen molar-refractivity contribution >= 4 is 45.9 Å². The summed E-state index contributed by atoms with van der Waals surface area (Å²) >= 11 is 12.4. The zero-order valence-electron chi connectivity index (χ0n) is 19.4. The molecular weight excluding hydrogens is 500 g/mol. The molecule has 0 saturated carbocycles. The van der Waals surface area contributed by atoms with Crippen molar-refractivity contribution in [3.05, 3.63) is 105 Å². The summed E-state index contributed by atoms with van der Waals surface area (Å²) in [6, 6.07) is 19.9. The molecule has 1 N–H and O–H groups in total. The molecule has 1 aromatic heterocycles. The van der Waals surface area contributed by atoms with Gasteiger partial charge in [0.2, 0.25) is 5.91 Å². The van der Waals surface area contributed by atoms with Crippen molar-refractivity contribution in [2.24, 2.45) is 0 Å². The number of hydrogen-bond donors (Lipinski definition) is 1. The fourth-order valence-electron chi connectivity index (χ4n) is 5.67. The third-order valence-electron chi connectivity index (χ3n) is 7.50. The van der Waals surface area contributed by atoms with Gasteiger partial charge in [0.15, 0.2) is 5.54 Å². The van der Waals surface area contributed by atoms with Gasteiger partial charge in [0.05, 0.1) is 12.2 Å². The van der Waals surface area contributed by atoms with Gasteiger partial charge in [0.1, 0.15) is 12.4 Å². The second kappa shape index (κ2) is 8.36. The molecule has 0 bridgehead atoms. The van der Waals surface area contributed by atoms with Gasteiger partial charge in [-0.3, -0.25) is 9.59 Å². The van der Waals surface area contributed by atoms with E-state index in [2.05, 4.69) is 4.98 Å². The number of halogens is 3. The van der Waals surface area contributed by atoms with Gasteiger partial charge in [-0.05, 0) is 48.4 Å². The van der Waals surface area contributed by atoms with E-state index in [1.807, 2.05) is 48.5 Å². The zero-order valence-corrected chi connectivity index (χ0v) is 20.9. The number of hydrogen-bond acceptors (Lipinski definition) is 2. The molecule has 2 amide bonds. The van der Waals surface area contributed by atoms with Crippen LogP contribution in [0, 0.1) is 5.82 Å². The number of amides is 2. The van der Waals surface area contributed by atoms with Crippen LogP contribution >= 0.6 is 23.2 Å². The monoisotopic (exact) mass is 521 g/mol. The van der Waals surface area contributed by atoms with Crippen molar-refractivity contribution < 1.29 is 14.0 Å². The molecule has 2 aliphatic heterocycles. The van der Waals surface area contributed by atoms with E-state index in [9.17, 15) is 14.0 Å². The van der Waals surface area contributed by atoms with Crippen molar-refractivity contribution in [3.63, 3.8) is 0 Å². The standard InChI is InChI=1S/C28H22Cl2FN3O2/c1-28-26-25(18-5-2-3-8-23(18)32-26)19(16-9-11-17(29)12-10-16)14-34(28)24(35)15-33(27(28)36)13-20-21(30)6-4-7-22(20)31/h2-12,19,32H,13-15H2,1H3. The summed E-state index contributed by atoms with van der Waals surface area (Å²) in [6.07, 6.45) is 0. The maximum Gasteiger partial charge on any atom is 0.255 e. The first-order valence-corrected chi connectivity index (χ1v) is 12.4. The van der Waals surface area contributed by atoms with E-state index in [1.54, 1.807) is 17.9 Å². The minimum absolute atomic E-state index is 0.0876. The van der Waals surface area contributed by atoms with Crippen LogP contribution in [0.5, 0.6) is 0 Å². The summed E-state index contributed by atoms with van der Waals surface area (Å²) in [4.78, 5) is 34.2. The van der Waals surface area contributed by atoms with Crippen molar-refractivity contribution in [1.29, 1.82) is 0 Å². The number of H-pyrrole nitrogens is 1. The number of para-hydroxylation sites is 1. The van der Waals surface area contributed by atoms with E-state index in [-0.39, 0.29) is 41.4 Å². The normalized spacial score (nSPS) is 21.6. The molecule has 2 aliphatic rings. The summed E-state index contributed by atoms with van der Waals surface area (Å²) in [7, 11) is 0. The Morgan fingerprint density at radius 1 is 1.03 bits per heavy atom. The Morgan fingerprint density at radius 2 is 1.78 bits per heavy atom. The summed E-state index contributed by atoms with van der Waals surface area (Å²) in [6.45, 7) is 1.87. The molecule has 0 spiro atoms. The molecule has 4 aromatic rings. The third kappa shape index (κ3) is 3.35. The van der Waals surface area contributed by atoms with Crippen LogP contribution in [0.15, 0.2) is 66.7 Å². The number of carbonyl (C=O) groups is 2. The number of piperazine rings is 1. The number of carbonyl (C=O) groups excluding carboxylic acids is 2. The molecule has 1 saturated heterocycles. The van der Waals surface area contributed by atoms with E-state index in [0.717, 1.165) is 22.0 Å². The van der Waals surface area contributed by atoms with Gasteiger partial charge >= 0.3 is 0 Å². The maximum atomic E-state index is 14.6. The van der Waals surface area contributed by atoms with E-state index in [1.165, 1.54) is 17.0 Å². The van der Waals surface area contributed by atoms with Crippen LogP contribution in [-0.2, 0) is 21.7 Å². The Kier molecular flexibility index (Phi) is 5.36. The lowest BCUT2D eigenvalue weighted by Gasteiger charge is -2.51. The van der Waals surface area contributed by atoms with Crippen molar-refractivity contribution in [2.75, 3.05) is 13.1 Å². The molecule has 0 radical (unpaired) electrons. The molecule has 36 heavy (non-hydrogen) atoms. The van der Waals surface area contributed by atoms with Crippen LogP contribution in [0.1, 0.15) is 35.2 Å². The van der Waals surface area contributed by atoms with E-state index < -0.39 is 11.4 Å². The minimum atomic E-state index is -1.27. The van der Waals surface area contributed by atoms with E-state index >= 15 is 0 Å². The van der Waals surface area contributed by atoms with Crippen LogP contribution < -0.4 is 0 Å². The molecule has 1 fully saturated rings. The fourth-order valence-corrected chi connectivity index (χ4v) is 6.02. The molecule has 0 aliphatic carbocycles. The maximum absolute atomic E-state index is 14.6. The number of benzene rings is 3. The van der Waals surface area contributed by atoms with Crippen LogP contribution in [0.4, 0.5) is 4.39 Å². The number of fused-ring (bicyclic) bond motifs is 5. The first-order valence-electron chi connectivity index (χ1n) is 11.7. The Bertz CT molecular complexity index is 1510. The number of aromatic amines is 1. The summed E-state index contributed by atoms with van der Waals surface area (Å²) in [5.41, 5.74) is 2.48. The minimum Gasteiger partial charge on any atom is -0.356 e. The molecule has 3 aromatic carbocycles. The molecular formula is C28H22Cl2FN3O2. The van der Waals surface area contributed by atoms with Crippen molar-refractivity contribution in [2.45, 2.75) is 24.9 Å². The number of rotatable bonds is 3. The van der Waals surface area contributed by atoms with Crippen LogP contribution in [0.2, 0.25) is 10.0 Å². The van der Waals surface area contributed by atoms with Gasteiger partial charge in [-0.1, -0.05) is 59.6 Å². The Labute approximate surface area is 217 Å². The highest BCUT2D eigenvalue weighted by Gasteiger charge is 2.56. The fraction of sp³-hybridized carbons (Fsp3) is 0.214. The number of nitrogens with zero attached hydrogens (tertiary/aromatic N) is 2. The predicted octanol–water partition coefficient (Wildman–Crippen LogP) is 5.85. The van der Waals surface area contributed by atoms with Crippen LogP contribution in [0.25, 0.3) is 10.9 Å².